The molecule has 1 aromatic rings. The molecule has 1 aliphatic carbocycles. The summed E-state index contributed by atoms with van der Waals surface area (Å²) >= 11 is 0. The van der Waals surface area contributed by atoms with Crippen molar-refractivity contribution in [1.29, 1.82) is 0 Å². The van der Waals surface area contributed by atoms with Crippen molar-refractivity contribution in [3.63, 3.8) is 0 Å². The Morgan fingerprint density at radius 2 is 2.22 bits per heavy atom. The van der Waals surface area contributed by atoms with Crippen LogP contribution in [0.4, 0.5) is 4.39 Å². The average Bonchev–Trinajstić information content (AvgIpc) is 2.86. The molecule has 0 amide bonds. The molecule has 1 aromatic carbocycles. The van der Waals surface area contributed by atoms with Crippen LogP contribution in [-0.2, 0) is 6.42 Å². The minimum atomic E-state index is -0.192. The van der Waals surface area contributed by atoms with E-state index in [9.17, 15) is 9.50 Å². The van der Waals surface area contributed by atoms with Gasteiger partial charge < -0.3 is 9.84 Å². The number of aliphatic hydroxyl groups is 1. The first kappa shape index (κ1) is 12.0. The monoisotopic (exact) mass is 250 g/mol. The van der Waals surface area contributed by atoms with E-state index in [-0.39, 0.29) is 18.0 Å². The van der Waals surface area contributed by atoms with Crippen LogP contribution >= 0.6 is 0 Å². The molecule has 0 radical (unpaired) electrons. The molecule has 1 N–H and O–H groups in total. The minimum Gasteiger partial charge on any atom is -0.490 e. The third-order valence-corrected chi connectivity index (χ3v) is 4.51. The number of aliphatic hydroxyl groups excluding tert-OH is 1. The van der Waals surface area contributed by atoms with E-state index in [1.54, 1.807) is 12.1 Å². The molecule has 1 heterocycles. The Bertz CT molecular complexity index is 446. The summed E-state index contributed by atoms with van der Waals surface area (Å²) in [5.74, 6) is 1.52. The first-order valence-corrected chi connectivity index (χ1v) is 6.76. The van der Waals surface area contributed by atoms with Crippen LogP contribution < -0.4 is 4.74 Å². The zero-order valence-corrected chi connectivity index (χ0v) is 10.6. The molecule has 4 atom stereocenters. The summed E-state index contributed by atoms with van der Waals surface area (Å²) in [6.07, 6.45) is 3.74. The van der Waals surface area contributed by atoms with Crippen molar-refractivity contribution in [2.75, 3.05) is 0 Å². The second kappa shape index (κ2) is 4.54. The lowest BCUT2D eigenvalue weighted by atomic mass is 9.90. The molecule has 1 fully saturated rings. The van der Waals surface area contributed by atoms with E-state index in [0.29, 0.717) is 11.8 Å². The van der Waals surface area contributed by atoms with Crippen molar-refractivity contribution < 1.29 is 14.2 Å². The summed E-state index contributed by atoms with van der Waals surface area (Å²) in [6.45, 7) is 2.12. The highest BCUT2D eigenvalue weighted by Crippen LogP contribution is 2.38. The van der Waals surface area contributed by atoms with Gasteiger partial charge in [-0.15, -0.1) is 0 Å². The molecule has 3 rings (SSSR count). The standard InChI is InChI=1S/C15H19FO2/c1-9-10(2-4-14(9)17)7-13-8-11-6-12(16)3-5-15(11)18-13/h3,5-6,9-10,13-14,17H,2,4,7-8H2,1H3. The molecular formula is C15H19FO2. The maximum Gasteiger partial charge on any atom is 0.123 e. The van der Waals surface area contributed by atoms with Gasteiger partial charge in [0, 0.05) is 12.0 Å². The van der Waals surface area contributed by atoms with Gasteiger partial charge in [-0.2, -0.15) is 0 Å². The molecule has 1 aliphatic heterocycles. The number of hydrogen-bond donors (Lipinski definition) is 1. The van der Waals surface area contributed by atoms with Gasteiger partial charge in [0.15, 0.2) is 0 Å². The first-order valence-electron chi connectivity index (χ1n) is 6.76. The topological polar surface area (TPSA) is 29.5 Å². The summed E-state index contributed by atoms with van der Waals surface area (Å²) in [5, 5.41) is 9.76. The SMILES string of the molecule is CC1C(O)CCC1CC1Cc2cc(F)ccc2O1. The van der Waals surface area contributed by atoms with Gasteiger partial charge in [-0.1, -0.05) is 6.92 Å². The van der Waals surface area contributed by atoms with Gasteiger partial charge in [0.25, 0.3) is 0 Å². The molecule has 98 valence electrons. The lowest BCUT2D eigenvalue weighted by Gasteiger charge is -2.20. The molecule has 2 nitrogen and oxygen atoms in total. The lowest BCUT2D eigenvalue weighted by Crippen LogP contribution is -2.22. The zero-order chi connectivity index (χ0) is 12.7. The quantitative estimate of drug-likeness (QED) is 0.874. The van der Waals surface area contributed by atoms with E-state index in [4.69, 9.17) is 4.74 Å². The highest BCUT2D eigenvalue weighted by Gasteiger charge is 2.35. The van der Waals surface area contributed by atoms with Crippen LogP contribution in [-0.4, -0.2) is 17.3 Å². The maximum atomic E-state index is 13.1. The number of hydrogen-bond acceptors (Lipinski definition) is 2. The Labute approximate surface area is 107 Å². The number of halogens is 1. The smallest absolute Gasteiger partial charge is 0.123 e. The van der Waals surface area contributed by atoms with Crippen LogP contribution in [0.1, 0.15) is 31.7 Å². The summed E-state index contributed by atoms with van der Waals surface area (Å²) in [6, 6.07) is 4.74. The summed E-state index contributed by atoms with van der Waals surface area (Å²) < 4.78 is 19.0. The predicted octanol–water partition coefficient (Wildman–Crippen LogP) is 2.93. The normalized spacial score (nSPS) is 34.4. The van der Waals surface area contributed by atoms with Crippen molar-refractivity contribution >= 4 is 0 Å². The van der Waals surface area contributed by atoms with E-state index < -0.39 is 0 Å². The highest BCUT2D eigenvalue weighted by molar-refractivity contribution is 5.37. The van der Waals surface area contributed by atoms with Crippen molar-refractivity contribution in [1.82, 2.24) is 0 Å². The van der Waals surface area contributed by atoms with Crippen LogP contribution in [0.3, 0.4) is 0 Å². The van der Waals surface area contributed by atoms with Crippen molar-refractivity contribution in [3.05, 3.63) is 29.6 Å². The number of fused-ring (bicyclic) bond motifs is 1. The van der Waals surface area contributed by atoms with Crippen LogP contribution in [0.2, 0.25) is 0 Å². The number of rotatable bonds is 2. The third-order valence-electron chi connectivity index (χ3n) is 4.51. The number of ether oxygens (including phenoxy) is 1. The van der Waals surface area contributed by atoms with E-state index in [1.807, 2.05) is 0 Å². The molecular weight excluding hydrogens is 231 g/mol. The molecule has 3 heteroatoms. The summed E-state index contributed by atoms with van der Waals surface area (Å²) in [7, 11) is 0. The molecule has 0 saturated heterocycles. The van der Waals surface area contributed by atoms with Gasteiger partial charge >= 0.3 is 0 Å². The molecule has 0 aromatic heterocycles. The fraction of sp³-hybridized carbons (Fsp3) is 0.600. The average molecular weight is 250 g/mol. The first-order chi connectivity index (χ1) is 8.63. The van der Waals surface area contributed by atoms with E-state index >= 15 is 0 Å². The van der Waals surface area contributed by atoms with Gasteiger partial charge in [0.2, 0.25) is 0 Å². The Hall–Kier alpha value is -1.09. The Balaban J connectivity index is 1.64. The van der Waals surface area contributed by atoms with Crippen LogP contribution in [0.25, 0.3) is 0 Å². The molecule has 1 saturated carbocycles. The second-order valence-electron chi connectivity index (χ2n) is 5.70. The zero-order valence-electron chi connectivity index (χ0n) is 10.6. The van der Waals surface area contributed by atoms with Crippen LogP contribution in [0.15, 0.2) is 18.2 Å². The van der Waals surface area contributed by atoms with E-state index in [2.05, 4.69) is 6.92 Å². The van der Waals surface area contributed by atoms with Gasteiger partial charge in [0.1, 0.15) is 17.7 Å². The van der Waals surface area contributed by atoms with Crippen LogP contribution in [0.5, 0.6) is 5.75 Å². The van der Waals surface area contributed by atoms with Crippen molar-refractivity contribution in [2.24, 2.45) is 11.8 Å². The van der Waals surface area contributed by atoms with Crippen LogP contribution in [0, 0.1) is 17.7 Å². The van der Waals surface area contributed by atoms with E-state index in [1.165, 1.54) is 6.07 Å². The van der Waals surface area contributed by atoms with Gasteiger partial charge in [0.05, 0.1) is 6.10 Å². The van der Waals surface area contributed by atoms with Crippen molar-refractivity contribution in [2.45, 2.75) is 44.8 Å². The number of benzene rings is 1. The maximum absolute atomic E-state index is 13.1. The van der Waals surface area contributed by atoms with Gasteiger partial charge in [-0.25, -0.2) is 4.39 Å². The predicted molar refractivity (Wildman–Crippen MR) is 67.0 cm³/mol. The van der Waals surface area contributed by atoms with Gasteiger partial charge in [-0.3, -0.25) is 0 Å². The third kappa shape index (κ3) is 2.12. The molecule has 2 aliphatic rings. The molecule has 0 bridgehead atoms. The second-order valence-corrected chi connectivity index (χ2v) is 5.70. The molecule has 18 heavy (non-hydrogen) atoms. The summed E-state index contributed by atoms with van der Waals surface area (Å²) in [4.78, 5) is 0. The molecule has 4 unspecified atom stereocenters. The fourth-order valence-corrected chi connectivity index (χ4v) is 3.32. The van der Waals surface area contributed by atoms with Crippen molar-refractivity contribution in [3.8, 4) is 5.75 Å². The van der Waals surface area contributed by atoms with E-state index in [0.717, 1.165) is 37.0 Å². The Kier molecular flexibility index (Phi) is 3.02. The largest absolute Gasteiger partial charge is 0.490 e. The summed E-state index contributed by atoms with van der Waals surface area (Å²) in [5.41, 5.74) is 0.978. The highest BCUT2D eigenvalue weighted by atomic mass is 19.1. The fourth-order valence-electron chi connectivity index (χ4n) is 3.32. The Morgan fingerprint density at radius 1 is 1.39 bits per heavy atom. The Morgan fingerprint density at radius 3 is 2.94 bits per heavy atom. The lowest BCUT2D eigenvalue weighted by molar-refractivity contribution is 0.112. The van der Waals surface area contributed by atoms with Gasteiger partial charge in [-0.05, 0) is 49.3 Å². The minimum absolute atomic E-state index is 0.152. The molecule has 0 spiro atoms.